The number of anilines is 1. The summed E-state index contributed by atoms with van der Waals surface area (Å²) in [5.74, 6) is 0.533. The van der Waals surface area contributed by atoms with Crippen LogP contribution in [0.5, 0.6) is 5.75 Å². The third-order valence-corrected chi connectivity index (χ3v) is 3.10. The summed E-state index contributed by atoms with van der Waals surface area (Å²) in [6.45, 7) is 0. The fraction of sp³-hybridized carbons (Fsp3) is 0. The lowest BCUT2D eigenvalue weighted by Crippen LogP contribution is -1.93. The second-order valence-corrected chi connectivity index (χ2v) is 4.34. The van der Waals surface area contributed by atoms with Gasteiger partial charge in [-0.05, 0) is 12.1 Å². The molecule has 98 valence electrons. The first kappa shape index (κ1) is 10.7. The number of aromatic nitrogens is 6. The van der Waals surface area contributed by atoms with Gasteiger partial charge in [-0.3, -0.25) is 4.40 Å². The molecule has 0 fully saturated rings. The van der Waals surface area contributed by atoms with E-state index in [1.165, 1.54) is 6.07 Å². The van der Waals surface area contributed by atoms with Crippen molar-refractivity contribution in [2.45, 2.75) is 0 Å². The molecule has 0 spiro atoms. The van der Waals surface area contributed by atoms with Gasteiger partial charge in [-0.2, -0.15) is 0 Å². The zero-order valence-corrected chi connectivity index (χ0v) is 10.1. The smallest absolute Gasteiger partial charge is 0.190 e. The Morgan fingerprint density at radius 1 is 1.20 bits per heavy atom. The number of hydrogen-bond donors (Lipinski definition) is 3. The summed E-state index contributed by atoms with van der Waals surface area (Å²) < 4.78 is 1.69. The molecule has 3 aromatic heterocycles. The van der Waals surface area contributed by atoms with Crippen LogP contribution in [0.2, 0.25) is 0 Å². The van der Waals surface area contributed by atoms with Crippen LogP contribution in [0.3, 0.4) is 0 Å². The van der Waals surface area contributed by atoms with Gasteiger partial charge >= 0.3 is 0 Å². The lowest BCUT2D eigenvalue weighted by molar-refractivity contribution is 0.477. The minimum atomic E-state index is 0.0454. The predicted octanol–water partition coefficient (Wildman–Crippen LogP) is 0.955. The summed E-state index contributed by atoms with van der Waals surface area (Å²) in [7, 11) is 0. The fourth-order valence-corrected chi connectivity index (χ4v) is 2.15. The maximum atomic E-state index is 9.99. The van der Waals surface area contributed by atoms with Gasteiger partial charge in [0.2, 0.25) is 0 Å². The van der Waals surface area contributed by atoms with E-state index in [0.29, 0.717) is 33.9 Å². The maximum absolute atomic E-state index is 9.99. The van der Waals surface area contributed by atoms with Crippen molar-refractivity contribution in [3.8, 4) is 17.1 Å². The van der Waals surface area contributed by atoms with Crippen LogP contribution in [-0.2, 0) is 0 Å². The Kier molecular flexibility index (Phi) is 1.97. The average Bonchev–Trinajstić information content (AvgIpc) is 3.03. The highest BCUT2D eigenvalue weighted by Crippen LogP contribution is 2.30. The van der Waals surface area contributed by atoms with Crippen molar-refractivity contribution >= 4 is 22.5 Å². The highest BCUT2D eigenvalue weighted by atomic mass is 16.3. The van der Waals surface area contributed by atoms with Crippen LogP contribution < -0.4 is 5.73 Å². The summed E-state index contributed by atoms with van der Waals surface area (Å²) in [5.41, 5.74) is 8.50. The molecular weight excluding hydrogens is 258 g/mol. The fourth-order valence-electron chi connectivity index (χ4n) is 2.15. The molecule has 4 aromatic rings. The number of aromatic amines is 1. The van der Waals surface area contributed by atoms with Crippen molar-refractivity contribution in [2.24, 2.45) is 0 Å². The molecule has 4 N–H and O–H groups in total. The van der Waals surface area contributed by atoms with Crippen molar-refractivity contribution < 1.29 is 5.11 Å². The van der Waals surface area contributed by atoms with Crippen molar-refractivity contribution in [1.29, 1.82) is 0 Å². The summed E-state index contributed by atoms with van der Waals surface area (Å²) in [6, 6.07) is 4.86. The molecule has 20 heavy (non-hydrogen) atoms. The number of phenolic OH excluding ortho intramolecular Hbond substituents is 1. The van der Waals surface area contributed by atoms with E-state index in [2.05, 4.69) is 25.1 Å². The van der Waals surface area contributed by atoms with Gasteiger partial charge in [0.1, 0.15) is 17.6 Å². The van der Waals surface area contributed by atoms with Crippen molar-refractivity contribution in [3.05, 3.63) is 30.9 Å². The predicted molar refractivity (Wildman–Crippen MR) is 71.9 cm³/mol. The second kappa shape index (κ2) is 3.67. The summed E-state index contributed by atoms with van der Waals surface area (Å²) in [6.07, 6.45) is 3.12. The van der Waals surface area contributed by atoms with E-state index in [-0.39, 0.29) is 5.75 Å². The van der Waals surface area contributed by atoms with Crippen molar-refractivity contribution in [3.63, 3.8) is 0 Å². The molecule has 0 aliphatic carbocycles. The number of nitrogen functional groups attached to an aromatic ring is 1. The number of fused-ring (bicyclic) bond motifs is 3. The Labute approximate surface area is 111 Å². The molecule has 4 rings (SSSR count). The van der Waals surface area contributed by atoms with Crippen LogP contribution in [0.15, 0.2) is 30.9 Å². The van der Waals surface area contributed by atoms with Crippen LogP contribution >= 0.6 is 0 Å². The molecule has 0 atom stereocenters. The molecule has 0 saturated heterocycles. The zero-order chi connectivity index (χ0) is 13.7. The van der Waals surface area contributed by atoms with Gasteiger partial charge in [0.25, 0.3) is 0 Å². The Balaban J connectivity index is 2.05. The van der Waals surface area contributed by atoms with Gasteiger partial charge in [-0.25, -0.2) is 9.97 Å². The number of rotatable bonds is 1. The Bertz CT molecular complexity index is 939. The Morgan fingerprint density at radius 2 is 2.10 bits per heavy atom. The topological polar surface area (TPSA) is 118 Å². The molecule has 0 unspecified atom stereocenters. The van der Waals surface area contributed by atoms with E-state index >= 15 is 0 Å². The molecule has 8 nitrogen and oxygen atoms in total. The third-order valence-electron chi connectivity index (χ3n) is 3.10. The molecule has 0 aliphatic rings. The second-order valence-electron chi connectivity index (χ2n) is 4.34. The number of phenols is 1. The molecule has 8 heteroatoms. The normalized spacial score (nSPS) is 11.4. The first-order chi connectivity index (χ1) is 9.74. The molecule has 1 aromatic carbocycles. The van der Waals surface area contributed by atoms with Gasteiger partial charge in [-0.15, -0.1) is 10.2 Å². The van der Waals surface area contributed by atoms with E-state index in [0.717, 1.165) is 0 Å². The van der Waals surface area contributed by atoms with E-state index in [4.69, 9.17) is 5.73 Å². The molecule has 0 bridgehead atoms. The number of H-pyrrole nitrogens is 1. The van der Waals surface area contributed by atoms with Crippen LogP contribution in [0.1, 0.15) is 0 Å². The highest BCUT2D eigenvalue weighted by molar-refractivity contribution is 5.86. The molecule has 0 radical (unpaired) electrons. The standard InChI is InChI=1S/C12H9N7O/c13-6-1-2-7(8(20)3-6)11-17-18-12-9-10(15-4-14-9)16-5-19(11)12/h1-5,20H,13H2,(H,14,15). The van der Waals surface area contributed by atoms with Crippen LogP contribution in [0, 0.1) is 0 Å². The lowest BCUT2D eigenvalue weighted by atomic mass is 10.1. The van der Waals surface area contributed by atoms with Gasteiger partial charge < -0.3 is 15.8 Å². The molecule has 0 aliphatic heterocycles. The number of aromatic hydroxyl groups is 1. The van der Waals surface area contributed by atoms with Crippen LogP contribution in [-0.4, -0.2) is 34.7 Å². The Morgan fingerprint density at radius 3 is 2.95 bits per heavy atom. The first-order valence-electron chi connectivity index (χ1n) is 5.86. The molecule has 0 amide bonds. The monoisotopic (exact) mass is 267 g/mol. The number of hydrogen-bond acceptors (Lipinski definition) is 6. The van der Waals surface area contributed by atoms with Gasteiger partial charge in [0.05, 0.1) is 11.9 Å². The van der Waals surface area contributed by atoms with Gasteiger partial charge in [-0.1, -0.05) is 0 Å². The van der Waals surface area contributed by atoms with Crippen molar-refractivity contribution in [1.82, 2.24) is 29.5 Å². The van der Waals surface area contributed by atoms with E-state index in [1.807, 2.05) is 0 Å². The number of nitrogens with two attached hydrogens (primary N) is 1. The first-order valence-corrected chi connectivity index (χ1v) is 5.86. The lowest BCUT2D eigenvalue weighted by Gasteiger charge is -2.03. The van der Waals surface area contributed by atoms with E-state index in [9.17, 15) is 5.11 Å². The summed E-state index contributed by atoms with van der Waals surface area (Å²) in [4.78, 5) is 11.2. The van der Waals surface area contributed by atoms with Gasteiger partial charge in [0, 0.05) is 11.8 Å². The molecular formula is C12H9N7O. The molecule has 0 saturated carbocycles. The summed E-state index contributed by atoms with van der Waals surface area (Å²) in [5, 5.41) is 18.2. The minimum Gasteiger partial charge on any atom is -0.507 e. The minimum absolute atomic E-state index is 0.0454. The highest BCUT2D eigenvalue weighted by Gasteiger charge is 2.15. The average molecular weight is 267 g/mol. The van der Waals surface area contributed by atoms with Crippen molar-refractivity contribution in [2.75, 3.05) is 5.73 Å². The van der Waals surface area contributed by atoms with Gasteiger partial charge in [0.15, 0.2) is 17.1 Å². The quantitative estimate of drug-likeness (QED) is 0.442. The Hall–Kier alpha value is -3.16. The zero-order valence-electron chi connectivity index (χ0n) is 10.1. The number of imidazole rings is 1. The number of nitrogens with one attached hydrogen (secondary N) is 1. The number of nitrogens with zero attached hydrogens (tertiary/aromatic N) is 5. The number of benzene rings is 1. The third kappa shape index (κ3) is 1.35. The largest absolute Gasteiger partial charge is 0.507 e. The maximum Gasteiger partial charge on any atom is 0.190 e. The van der Waals surface area contributed by atoms with Crippen LogP contribution in [0.4, 0.5) is 5.69 Å². The summed E-state index contributed by atoms with van der Waals surface area (Å²) >= 11 is 0. The van der Waals surface area contributed by atoms with E-state index < -0.39 is 0 Å². The molecule has 3 heterocycles. The van der Waals surface area contributed by atoms with E-state index in [1.54, 1.807) is 29.2 Å². The van der Waals surface area contributed by atoms with Crippen LogP contribution in [0.25, 0.3) is 28.2 Å². The SMILES string of the molecule is Nc1ccc(-c2nnc3c4[nH]cnc4ncn23)c(O)c1.